The second kappa shape index (κ2) is 6.37. The van der Waals surface area contributed by atoms with Gasteiger partial charge in [0.1, 0.15) is 5.69 Å². The summed E-state index contributed by atoms with van der Waals surface area (Å²) in [5, 5.41) is 8.24. The standard InChI is InChI=1S/C14H20N6O2/c1-19-7-11(17-18-19)10-6-20(9-13(10)21-2)8-12-14(22-3)16-5-4-15-12/h4-5,7,10,13H,6,8-9H2,1-3H3/t10-,13+/m0/s1. The van der Waals surface area contributed by atoms with E-state index < -0.39 is 0 Å². The van der Waals surface area contributed by atoms with Crippen LogP contribution < -0.4 is 4.74 Å². The molecule has 0 unspecified atom stereocenters. The number of hydrogen-bond acceptors (Lipinski definition) is 7. The minimum atomic E-state index is 0.0966. The molecule has 1 fully saturated rings. The highest BCUT2D eigenvalue weighted by molar-refractivity contribution is 5.18. The Labute approximate surface area is 129 Å². The third-order valence-corrected chi connectivity index (χ3v) is 3.95. The van der Waals surface area contributed by atoms with E-state index in [4.69, 9.17) is 9.47 Å². The van der Waals surface area contributed by atoms with Crippen LogP contribution in [0.3, 0.4) is 0 Å². The number of hydrogen-bond donors (Lipinski definition) is 0. The Morgan fingerprint density at radius 3 is 2.73 bits per heavy atom. The summed E-state index contributed by atoms with van der Waals surface area (Å²) in [6.45, 7) is 2.34. The van der Waals surface area contributed by atoms with Crippen LogP contribution in [0.15, 0.2) is 18.6 Å². The van der Waals surface area contributed by atoms with Crippen molar-refractivity contribution >= 4 is 0 Å². The second-order valence-corrected chi connectivity index (χ2v) is 5.40. The molecule has 0 bridgehead atoms. The Hall–Kier alpha value is -2.06. The molecule has 2 aromatic rings. The molecule has 0 amide bonds. The quantitative estimate of drug-likeness (QED) is 0.782. The Bertz CT molecular complexity index is 631. The lowest BCUT2D eigenvalue weighted by atomic mass is 10.0. The molecule has 2 aromatic heterocycles. The van der Waals surface area contributed by atoms with Crippen molar-refractivity contribution in [3.63, 3.8) is 0 Å². The molecule has 8 nitrogen and oxygen atoms in total. The first-order chi connectivity index (χ1) is 10.7. The summed E-state index contributed by atoms with van der Waals surface area (Å²) in [5.41, 5.74) is 1.79. The van der Waals surface area contributed by atoms with Crippen molar-refractivity contribution in [3.05, 3.63) is 30.0 Å². The third-order valence-electron chi connectivity index (χ3n) is 3.95. The van der Waals surface area contributed by atoms with Crippen molar-refractivity contribution in [1.29, 1.82) is 0 Å². The van der Waals surface area contributed by atoms with E-state index in [2.05, 4.69) is 25.2 Å². The van der Waals surface area contributed by atoms with E-state index in [0.717, 1.165) is 24.5 Å². The minimum Gasteiger partial charge on any atom is -0.480 e. The fourth-order valence-electron chi connectivity index (χ4n) is 2.88. The van der Waals surface area contributed by atoms with Gasteiger partial charge in [-0.15, -0.1) is 5.10 Å². The fourth-order valence-corrected chi connectivity index (χ4v) is 2.88. The summed E-state index contributed by atoms with van der Waals surface area (Å²) in [6, 6.07) is 0. The Balaban J connectivity index is 1.74. The van der Waals surface area contributed by atoms with Crippen LogP contribution in [0.1, 0.15) is 17.3 Å². The van der Waals surface area contributed by atoms with Crippen LogP contribution >= 0.6 is 0 Å². The highest BCUT2D eigenvalue weighted by Crippen LogP contribution is 2.29. The summed E-state index contributed by atoms with van der Waals surface area (Å²) >= 11 is 0. The number of nitrogens with zero attached hydrogens (tertiary/aromatic N) is 6. The molecule has 1 aliphatic rings. The van der Waals surface area contributed by atoms with Gasteiger partial charge in [-0.2, -0.15) is 0 Å². The number of rotatable bonds is 5. The van der Waals surface area contributed by atoms with E-state index >= 15 is 0 Å². The third kappa shape index (κ3) is 2.93. The largest absolute Gasteiger partial charge is 0.480 e. The van der Waals surface area contributed by atoms with Crippen LogP contribution in [-0.2, 0) is 18.3 Å². The summed E-state index contributed by atoms with van der Waals surface area (Å²) in [4.78, 5) is 10.8. The zero-order valence-electron chi connectivity index (χ0n) is 13.0. The van der Waals surface area contributed by atoms with Crippen LogP contribution in [0.5, 0.6) is 5.88 Å². The summed E-state index contributed by atoms with van der Waals surface area (Å²) in [7, 11) is 5.22. The lowest BCUT2D eigenvalue weighted by Crippen LogP contribution is -2.23. The van der Waals surface area contributed by atoms with Crippen molar-refractivity contribution in [3.8, 4) is 5.88 Å². The number of methoxy groups -OCH3 is 2. The van der Waals surface area contributed by atoms with E-state index in [1.807, 2.05) is 13.2 Å². The summed E-state index contributed by atoms with van der Waals surface area (Å²) < 4.78 is 12.6. The summed E-state index contributed by atoms with van der Waals surface area (Å²) in [6.07, 6.45) is 5.36. The van der Waals surface area contributed by atoms with Crippen molar-refractivity contribution in [2.45, 2.75) is 18.6 Å². The molecule has 2 atom stereocenters. The van der Waals surface area contributed by atoms with E-state index in [1.165, 1.54) is 0 Å². The number of aromatic nitrogens is 5. The first-order valence-corrected chi connectivity index (χ1v) is 7.16. The van der Waals surface area contributed by atoms with E-state index in [1.54, 1.807) is 31.3 Å². The van der Waals surface area contributed by atoms with Crippen LogP contribution in [0.25, 0.3) is 0 Å². The van der Waals surface area contributed by atoms with Gasteiger partial charge in [-0.3, -0.25) is 14.6 Å². The van der Waals surface area contributed by atoms with Gasteiger partial charge < -0.3 is 9.47 Å². The molecule has 1 aliphatic heterocycles. The average molecular weight is 304 g/mol. The van der Waals surface area contributed by atoms with Gasteiger partial charge in [-0.05, 0) is 0 Å². The zero-order chi connectivity index (χ0) is 15.5. The highest BCUT2D eigenvalue weighted by atomic mass is 16.5. The van der Waals surface area contributed by atoms with Gasteiger partial charge >= 0.3 is 0 Å². The molecule has 3 rings (SSSR count). The Morgan fingerprint density at radius 1 is 1.23 bits per heavy atom. The molecular formula is C14H20N6O2. The lowest BCUT2D eigenvalue weighted by Gasteiger charge is -2.15. The highest BCUT2D eigenvalue weighted by Gasteiger charge is 2.36. The molecule has 22 heavy (non-hydrogen) atoms. The van der Waals surface area contributed by atoms with Crippen molar-refractivity contribution in [2.75, 3.05) is 27.3 Å². The normalized spacial score (nSPS) is 22.1. The van der Waals surface area contributed by atoms with Gasteiger partial charge in [0, 0.05) is 58.3 Å². The van der Waals surface area contributed by atoms with Gasteiger partial charge in [0.25, 0.3) is 0 Å². The smallest absolute Gasteiger partial charge is 0.236 e. The maximum atomic E-state index is 5.63. The van der Waals surface area contributed by atoms with Gasteiger partial charge in [-0.1, -0.05) is 5.21 Å². The lowest BCUT2D eigenvalue weighted by molar-refractivity contribution is 0.0955. The second-order valence-electron chi connectivity index (χ2n) is 5.40. The molecule has 8 heteroatoms. The molecule has 0 aromatic carbocycles. The van der Waals surface area contributed by atoms with Crippen LogP contribution in [0.2, 0.25) is 0 Å². The van der Waals surface area contributed by atoms with Crippen LogP contribution in [-0.4, -0.2) is 63.3 Å². The molecule has 0 N–H and O–H groups in total. The van der Waals surface area contributed by atoms with Crippen molar-refractivity contribution in [2.24, 2.45) is 7.05 Å². The first-order valence-electron chi connectivity index (χ1n) is 7.16. The first kappa shape index (κ1) is 14.9. The van der Waals surface area contributed by atoms with Gasteiger partial charge in [0.15, 0.2) is 0 Å². The topological polar surface area (TPSA) is 78.2 Å². The van der Waals surface area contributed by atoms with Gasteiger partial charge in [0.05, 0.1) is 18.9 Å². The number of likely N-dealkylation sites (tertiary alicyclic amines) is 1. The number of aryl methyl sites for hydroxylation is 1. The maximum absolute atomic E-state index is 5.63. The van der Waals surface area contributed by atoms with Crippen molar-refractivity contribution in [1.82, 2.24) is 29.9 Å². The SMILES string of the molecule is COc1nccnc1CN1C[C@@H](OC)[C@H](c2cn(C)nn2)C1. The van der Waals surface area contributed by atoms with Crippen molar-refractivity contribution < 1.29 is 9.47 Å². The monoisotopic (exact) mass is 304 g/mol. The minimum absolute atomic E-state index is 0.0966. The van der Waals surface area contributed by atoms with Gasteiger partial charge in [0.2, 0.25) is 5.88 Å². The molecule has 0 radical (unpaired) electrons. The summed E-state index contributed by atoms with van der Waals surface area (Å²) in [5.74, 6) is 0.779. The van der Waals surface area contributed by atoms with Gasteiger partial charge in [-0.25, -0.2) is 4.98 Å². The number of ether oxygens (including phenoxy) is 2. The zero-order valence-corrected chi connectivity index (χ0v) is 13.0. The Kier molecular flexibility index (Phi) is 4.30. The molecule has 0 aliphatic carbocycles. The predicted molar refractivity (Wildman–Crippen MR) is 78.4 cm³/mol. The molecule has 3 heterocycles. The average Bonchev–Trinajstić information content (AvgIpc) is 3.13. The van der Waals surface area contributed by atoms with E-state index in [9.17, 15) is 0 Å². The fraction of sp³-hybridized carbons (Fsp3) is 0.571. The maximum Gasteiger partial charge on any atom is 0.236 e. The van der Waals surface area contributed by atoms with E-state index in [0.29, 0.717) is 12.4 Å². The molecule has 118 valence electrons. The van der Waals surface area contributed by atoms with Crippen LogP contribution in [0.4, 0.5) is 0 Å². The van der Waals surface area contributed by atoms with Crippen LogP contribution in [0, 0.1) is 0 Å². The van der Waals surface area contributed by atoms with E-state index in [-0.39, 0.29) is 12.0 Å². The molecule has 1 saturated heterocycles. The molecule has 0 spiro atoms. The predicted octanol–water partition coefficient (Wildman–Crippen LogP) is 0.228. The Morgan fingerprint density at radius 2 is 2.05 bits per heavy atom. The molecular weight excluding hydrogens is 284 g/mol. The molecule has 0 saturated carbocycles.